The summed E-state index contributed by atoms with van der Waals surface area (Å²) in [6.07, 6.45) is 0.404. The van der Waals surface area contributed by atoms with Gasteiger partial charge in [-0.05, 0) is 17.7 Å². The number of nitrogens with zero attached hydrogens (tertiary/aromatic N) is 4. The molecule has 1 saturated heterocycles. The van der Waals surface area contributed by atoms with E-state index in [1.807, 2.05) is 47.4 Å². The van der Waals surface area contributed by atoms with E-state index < -0.39 is 0 Å². The molecule has 2 N–H and O–H groups in total. The summed E-state index contributed by atoms with van der Waals surface area (Å²) >= 11 is 0. The second-order valence-corrected chi connectivity index (χ2v) is 6.53. The second-order valence-electron chi connectivity index (χ2n) is 6.53. The molecule has 128 valence electrons. The molecule has 1 fully saturated rings. The largest absolute Gasteiger partial charge is 0.340 e. The number of hydrogen-bond donors (Lipinski definition) is 1. The Labute approximate surface area is 146 Å². The highest BCUT2D eigenvalue weighted by molar-refractivity contribution is 5.77. The van der Waals surface area contributed by atoms with E-state index >= 15 is 0 Å². The molecule has 2 heterocycles. The lowest BCUT2D eigenvalue weighted by atomic mass is 9.95. The Kier molecular flexibility index (Phi) is 4.19. The highest BCUT2D eigenvalue weighted by atomic mass is 16.2. The van der Waals surface area contributed by atoms with E-state index in [0.29, 0.717) is 26.1 Å². The Morgan fingerprint density at radius 3 is 2.68 bits per heavy atom. The van der Waals surface area contributed by atoms with Crippen molar-refractivity contribution in [1.82, 2.24) is 19.9 Å². The molecule has 0 saturated carbocycles. The Bertz CT molecular complexity index is 876. The molecule has 6 heteroatoms. The minimum atomic E-state index is -0.0152. The predicted molar refractivity (Wildman–Crippen MR) is 95.9 cm³/mol. The number of hydrogen-bond acceptors (Lipinski definition) is 4. The zero-order chi connectivity index (χ0) is 17.2. The van der Waals surface area contributed by atoms with Gasteiger partial charge in [-0.25, -0.2) is 4.68 Å². The monoisotopic (exact) mass is 335 g/mol. The molecule has 0 bridgehead atoms. The van der Waals surface area contributed by atoms with Crippen molar-refractivity contribution in [3.63, 3.8) is 0 Å². The first-order valence-electron chi connectivity index (χ1n) is 8.59. The van der Waals surface area contributed by atoms with Gasteiger partial charge in [0, 0.05) is 31.5 Å². The van der Waals surface area contributed by atoms with Crippen LogP contribution >= 0.6 is 0 Å². The van der Waals surface area contributed by atoms with Crippen LogP contribution < -0.4 is 5.73 Å². The van der Waals surface area contributed by atoms with E-state index in [1.165, 1.54) is 5.56 Å². The van der Waals surface area contributed by atoms with Gasteiger partial charge >= 0.3 is 0 Å². The molecule has 0 radical (unpaired) electrons. The summed E-state index contributed by atoms with van der Waals surface area (Å²) in [7, 11) is 0. The zero-order valence-corrected chi connectivity index (χ0v) is 14.0. The Balaban J connectivity index is 1.40. The Hall–Kier alpha value is -2.73. The minimum Gasteiger partial charge on any atom is -0.340 e. The topological polar surface area (TPSA) is 77.0 Å². The van der Waals surface area contributed by atoms with Crippen LogP contribution in [0.1, 0.15) is 17.9 Å². The summed E-state index contributed by atoms with van der Waals surface area (Å²) in [5.74, 6) is 0.325. The number of aromatic nitrogens is 3. The van der Waals surface area contributed by atoms with Gasteiger partial charge in [0.1, 0.15) is 5.52 Å². The third-order valence-electron chi connectivity index (χ3n) is 4.90. The molecule has 6 nitrogen and oxygen atoms in total. The van der Waals surface area contributed by atoms with Crippen LogP contribution in [0.5, 0.6) is 0 Å². The van der Waals surface area contributed by atoms with Gasteiger partial charge in [0.25, 0.3) is 0 Å². The summed E-state index contributed by atoms with van der Waals surface area (Å²) in [6, 6.07) is 18.0. The fourth-order valence-electron chi connectivity index (χ4n) is 3.53. The van der Waals surface area contributed by atoms with E-state index in [1.54, 1.807) is 4.68 Å². The molecule has 1 amide bonds. The minimum absolute atomic E-state index is 0.0152. The molecule has 0 aliphatic carbocycles. The number of likely N-dealkylation sites (tertiary alicyclic amines) is 1. The number of carbonyl (C=O) groups excluding carboxylic acids is 1. The third-order valence-corrected chi connectivity index (χ3v) is 4.90. The molecule has 3 aromatic rings. The summed E-state index contributed by atoms with van der Waals surface area (Å²) in [5.41, 5.74) is 9.29. The van der Waals surface area contributed by atoms with Crippen LogP contribution in [0, 0.1) is 0 Å². The number of rotatable bonds is 4. The van der Waals surface area contributed by atoms with Crippen LogP contribution in [-0.4, -0.2) is 44.9 Å². The van der Waals surface area contributed by atoms with E-state index in [0.717, 1.165) is 11.0 Å². The fraction of sp³-hybridized carbons (Fsp3) is 0.316. The molecule has 2 atom stereocenters. The van der Waals surface area contributed by atoms with Crippen LogP contribution in [0.15, 0.2) is 54.6 Å². The second kappa shape index (κ2) is 6.64. The van der Waals surface area contributed by atoms with E-state index in [9.17, 15) is 4.79 Å². The lowest BCUT2D eigenvalue weighted by Crippen LogP contribution is -2.32. The molecule has 4 rings (SSSR count). The van der Waals surface area contributed by atoms with Crippen LogP contribution in [0.2, 0.25) is 0 Å². The molecule has 25 heavy (non-hydrogen) atoms. The summed E-state index contributed by atoms with van der Waals surface area (Å²) in [4.78, 5) is 14.5. The van der Waals surface area contributed by atoms with Gasteiger partial charge < -0.3 is 10.6 Å². The highest BCUT2D eigenvalue weighted by Crippen LogP contribution is 2.26. The zero-order valence-electron chi connectivity index (χ0n) is 14.0. The Morgan fingerprint density at radius 1 is 1.08 bits per heavy atom. The molecule has 0 unspecified atom stereocenters. The highest BCUT2D eigenvalue weighted by Gasteiger charge is 2.33. The van der Waals surface area contributed by atoms with Crippen molar-refractivity contribution >= 4 is 16.9 Å². The molecule has 1 aromatic heterocycles. The van der Waals surface area contributed by atoms with Gasteiger partial charge in [-0.3, -0.25) is 4.79 Å². The number of nitrogens with two attached hydrogens (primary N) is 1. The molecule has 0 spiro atoms. The van der Waals surface area contributed by atoms with Crippen molar-refractivity contribution in [3.05, 3.63) is 60.2 Å². The van der Waals surface area contributed by atoms with Crippen molar-refractivity contribution in [2.45, 2.75) is 24.9 Å². The van der Waals surface area contributed by atoms with Crippen LogP contribution in [0.3, 0.4) is 0 Å². The lowest BCUT2D eigenvalue weighted by molar-refractivity contribution is -0.130. The predicted octanol–water partition coefficient (Wildman–Crippen LogP) is 1.77. The maximum Gasteiger partial charge on any atom is 0.224 e. The molecular weight excluding hydrogens is 314 g/mol. The van der Waals surface area contributed by atoms with Crippen molar-refractivity contribution in [3.8, 4) is 0 Å². The first-order valence-corrected chi connectivity index (χ1v) is 8.59. The van der Waals surface area contributed by atoms with E-state index in [2.05, 4.69) is 22.4 Å². The number of amides is 1. The van der Waals surface area contributed by atoms with Crippen molar-refractivity contribution in [2.75, 3.05) is 13.1 Å². The van der Waals surface area contributed by atoms with Crippen LogP contribution in [0.25, 0.3) is 11.0 Å². The maximum absolute atomic E-state index is 12.6. The number of carbonyl (C=O) groups is 1. The van der Waals surface area contributed by atoms with Crippen LogP contribution in [-0.2, 0) is 11.3 Å². The van der Waals surface area contributed by atoms with Crippen LogP contribution in [0.4, 0.5) is 0 Å². The summed E-state index contributed by atoms with van der Waals surface area (Å²) in [5, 5.41) is 8.27. The standard InChI is InChI=1S/C19H21N5O/c20-16-13-23(12-15(16)14-6-2-1-3-7-14)19(25)10-11-24-18-9-5-4-8-17(18)21-22-24/h1-9,15-16H,10-13,20H2/t15-,16+/m0/s1. The van der Waals surface area contributed by atoms with Crippen molar-refractivity contribution < 1.29 is 4.79 Å². The number of para-hydroxylation sites is 1. The van der Waals surface area contributed by atoms with Crippen molar-refractivity contribution in [2.24, 2.45) is 5.73 Å². The average Bonchev–Trinajstić information content (AvgIpc) is 3.24. The number of aryl methyl sites for hydroxylation is 1. The number of benzene rings is 2. The number of fused-ring (bicyclic) bond motifs is 1. The SMILES string of the molecule is N[C@@H]1CN(C(=O)CCn2nnc3ccccc32)C[C@H]1c1ccccc1. The van der Waals surface area contributed by atoms with Gasteiger partial charge in [0.05, 0.1) is 12.1 Å². The molecular formula is C19H21N5O. The smallest absolute Gasteiger partial charge is 0.224 e. The van der Waals surface area contributed by atoms with Gasteiger partial charge in [0.2, 0.25) is 5.91 Å². The first kappa shape index (κ1) is 15.8. The molecule has 2 aromatic carbocycles. The molecule has 1 aliphatic rings. The van der Waals surface area contributed by atoms with E-state index in [4.69, 9.17) is 5.73 Å². The van der Waals surface area contributed by atoms with Crippen molar-refractivity contribution in [1.29, 1.82) is 0 Å². The Morgan fingerprint density at radius 2 is 1.84 bits per heavy atom. The quantitative estimate of drug-likeness (QED) is 0.788. The lowest BCUT2D eigenvalue weighted by Gasteiger charge is -2.16. The van der Waals surface area contributed by atoms with Gasteiger partial charge in [-0.2, -0.15) is 0 Å². The molecule has 1 aliphatic heterocycles. The van der Waals surface area contributed by atoms with Gasteiger partial charge in [-0.1, -0.05) is 47.7 Å². The first-order chi connectivity index (χ1) is 12.2. The summed E-state index contributed by atoms with van der Waals surface area (Å²) < 4.78 is 1.79. The normalized spacial score (nSPS) is 20.3. The average molecular weight is 335 g/mol. The maximum atomic E-state index is 12.6. The van der Waals surface area contributed by atoms with Gasteiger partial charge in [-0.15, -0.1) is 5.10 Å². The third kappa shape index (κ3) is 3.13. The van der Waals surface area contributed by atoms with E-state index in [-0.39, 0.29) is 17.9 Å². The van der Waals surface area contributed by atoms with Gasteiger partial charge in [0.15, 0.2) is 0 Å². The fourth-order valence-corrected chi connectivity index (χ4v) is 3.53. The summed E-state index contributed by atoms with van der Waals surface area (Å²) in [6.45, 7) is 1.82.